The minimum atomic E-state index is -4.93. The molecular weight excluding hydrogens is 584 g/mol. The SMILES string of the molecule is FC(F)(F)c1cc(-c2ccc3cc(-c4ccc(-c5cccc6c5sc5ncccc56)nc4)cnc3c2)cc(C(F)(F)F)c1. The van der Waals surface area contributed by atoms with Crippen molar-refractivity contribution in [1.82, 2.24) is 15.0 Å². The Balaban J connectivity index is 1.22. The van der Waals surface area contributed by atoms with Crippen molar-refractivity contribution in [2.75, 3.05) is 0 Å². The van der Waals surface area contributed by atoms with Gasteiger partial charge in [0.15, 0.2) is 0 Å². The van der Waals surface area contributed by atoms with E-state index in [1.807, 2.05) is 36.4 Å². The van der Waals surface area contributed by atoms with Crippen LogP contribution in [0.25, 0.3) is 64.7 Å². The second-order valence-electron chi connectivity index (χ2n) is 10.00. The van der Waals surface area contributed by atoms with Crippen LogP contribution in [0.3, 0.4) is 0 Å². The standard InChI is InChI=1S/C33H17F6N3S/c34-32(35,36)23-12-21(13-24(15-23)33(37,38)39)18-6-7-19-11-22(17-42-29(19)14-18)20-8-9-28(41-16-20)27-4-1-3-25-26-5-2-10-40-31(26)43-30(25)27/h1-17H. The van der Waals surface area contributed by atoms with Crippen molar-refractivity contribution in [2.45, 2.75) is 12.4 Å². The van der Waals surface area contributed by atoms with Crippen molar-refractivity contribution in [3.63, 3.8) is 0 Å². The predicted molar refractivity (Wildman–Crippen MR) is 157 cm³/mol. The number of alkyl halides is 6. The summed E-state index contributed by atoms with van der Waals surface area (Å²) in [6.07, 6.45) is -4.72. The van der Waals surface area contributed by atoms with Crippen molar-refractivity contribution in [2.24, 2.45) is 0 Å². The van der Waals surface area contributed by atoms with Crippen molar-refractivity contribution in [3.8, 4) is 33.5 Å². The molecule has 0 unspecified atom stereocenters. The molecule has 43 heavy (non-hydrogen) atoms. The summed E-state index contributed by atoms with van der Waals surface area (Å²) in [5.74, 6) is 0. The van der Waals surface area contributed by atoms with Gasteiger partial charge in [0, 0.05) is 56.1 Å². The van der Waals surface area contributed by atoms with E-state index in [4.69, 9.17) is 4.98 Å². The molecule has 3 nitrogen and oxygen atoms in total. The molecule has 7 rings (SSSR count). The first-order valence-electron chi connectivity index (χ1n) is 13.0. The van der Waals surface area contributed by atoms with E-state index in [2.05, 4.69) is 22.1 Å². The van der Waals surface area contributed by atoms with E-state index in [-0.39, 0.29) is 17.2 Å². The lowest BCUT2D eigenvalue weighted by Gasteiger charge is -2.14. The Morgan fingerprint density at radius 2 is 1.28 bits per heavy atom. The van der Waals surface area contributed by atoms with Gasteiger partial charge in [0.1, 0.15) is 4.83 Å². The summed E-state index contributed by atoms with van der Waals surface area (Å²) in [5.41, 5.74) is 1.08. The highest BCUT2D eigenvalue weighted by Gasteiger charge is 2.37. The van der Waals surface area contributed by atoms with E-state index in [1.165, 1.54) is 12.1 Å². The number of aromatic nitrogens is 3. The summed E-state index contributed by atoms with van der Waals surface area (Å²) in [6, 6.07) is 21.9. The summed E-state index contributed by atoms with van der Waals surface area (Å²) in [6.45, 7) is 0. The first kappa shape index (κ1) is 27.0. The first-order valence-corrected chi connectivity index (χ1v) is 13.8. The maximum Gasteiger partial charge on any atom is 0.416 e. The quantitative estimate of drug-likeness (QED) is 0.189. The van der Waals surface area contributed by atoms with E-state index in [9.17, 15) is 26.3 Å². The minimum Gasteiger partial charge on any atom is -0.256 e. The Labute approximate surface area is 244 Å². The fourth-order valence-electron chi connectivity index (χ4n) is 5.14. The normalized spacial score (nSPS) is 12.4. The lowest BCUT2D eigenvalue weighted by atomic mass is 9.97. The molecule has 10 heteroatoms. The van der Waals surface area contributed by atoms with Gasteiger partial charge in [-0.05, 0) is 59.7 Å². The smallest absolute Gasteiger partial charge is 0.256 e. The van der Waals surface area contributed by atoms with Crippen LogP contribution in [0.5, 0.6) is 0 Å². The third-order valence-corrected chi connectivity index (χ3v) is 8.42. The van der Waals surface area contributed by atoms with E-state index in [0.717, 1.165) is 42.7 Å². The maximum atomic E-state index is 13.4. The van der Waals surface area contributed by atoms with Gasteiger partial charge in [-0.3, -0.25) is 9.97 Å². The van der Waals surface area contributed by atoms with Crippen molar-refractivity contribution in [1.29, 1.82) is 0 Å². The van der Waals surface area contributed by atoms with Gasteiger partial charge < -0.3 is 0 Å². The zero-order chi connectivity index (χ0) is 29.9. The number of hydrogen-bond acceptors (Lipinski definition) is 4. The van der Waals surface area contributed by atoms with Crippen LogP contribution in [0.15, 0.2) is 104 Å². The van der Waals surface area contributed by atoms with Crippen LogP contribution in [0.2, 0.25) is 0 Å². The van der Waals surface area contributed by atoms with Crippen LogP contribution < -0.4 is 0 Å². The molecule has 0 N–H and O–H groups in total. The molecule has 0 aliphatic heterocycles. The molecule has 0 spiro atoms. The summed E-state index contributed by atoms with van der Waals surface area (Å²) >= 11 is 1.62. The number of fused-ring (bicyclic) bond motifs is 4. The zero-order valence-electron chi connectivity index (χ0n) is 21.8. The molecule has 0 aliphatic rings. The molecule has 0 radical (unpaired) electrons. The molecule has 0 saturated carbocycles. The van der Waals surface area contributed by atoms with Gasteiger partial charge >= 0.3 is 12.4 Å². The Morgan fingerprint density at radius 3 is 2.00 bits per heavy atom. The second kappa shape index (κ2) is 9.88. The van der Waals surface area contributed by atoms with Gasteiger partial charge in [0.25, 0.3) is 0 Å². The summed E-state index contributed by atoms with van der Waals surface area (Å²) in [7, 11) is 0. The third kappa shape index (κ3) is 4.97. The summed E-state index contributed by atoms with van der Waals surface area (Å²) < 4.78 is 81.2. The van der Waals surface area contributed by atoms with Crippen LogP contribution in [0.1, 0.15) is 11.1 Å². The average molecular weight is 602 g/mol. The Bertz CT molecular complexity index is 2130. The van der Waals surface area contributed by atoms with Crippen molar-refractivity contribution < 1.29 is 26.3 Å². The van der Waals surface area contributed by atoms with Gasteiger partial charge in [-0.15, -0.1) is 11.3 Å². The number of thiophene rings is 1. The van der Waals surface area contributed by atoms with Gasteiger partial charge in [-0.1, -0.05) is 36.4 Å². The molecule has 0 aliphatic carbocycles. The average Bonchev–Trinajstić information content (AvgIpc) is 3.38. The summed E-state index contributed by atoms with van der Waals surface area (Å²) in [5, 5.41) is 2.89. The van der Waals surface area contributed by atoms with Crippen molar-refractivity contribution in [3.05, 3.63) is 115 Å². The lowest BCUT2D eigenvalue weighted by Crippen LogP contribution is -2.11. The van der Waals surface area contributed by atoms with E-state index in [1.54, 1.807) is 36.0 Å². The highest BCUT2D eigenvalue weighted by molar-refractivity contribution is 7.26. The number of rotatable bonds is 3. The second-order valence-corrected chi connectivity index (χ2v) is 11.0. The molecule has 3 aromatic carbocycles. The number of pyridine rings is 3. The van der Waals surface area contributed by atoms with E-state index < -0.39 is 23.5 Å². The molecule has 0 bridgehead atoms. The third-order valence-electron chi connectivity index (χ3n) is 7.25. The highest BCUT2D eigenvalue weighted by Crippen LogP contribution is 2.40. The number of hydrogen-bond donors (Lipinski definition) is 0. The molecule has 0 amide bonds. The number of benzene rings is 3. The number of nitrogens with zero attached hydrogens (tertiary/aromatic N) is 3. The van der Waals surface area contributed by atoms with Crippen LogP contribution in [-0.2, 0) is 12.4 Å². The molecule has 7 aromatic rings. The fraction of sp³-hybridized carbons (Fsp3) is 0.0606. The largest absolute Gasteiger partial charge is 0.416 e. The molecule has 0 saturated heterocycles. The fourth-order valence-corrected chi connectivity index (χ4v) is 6.30. The Morgan fingerprint density at radius 1 is 0.558 bits per heavy atom. The van der Waals surface area contributed by atoms with Gasteiger partial charge in [0.2, 0.25) is 0 Å². The Hall–Kier alpha value is -4.83. The molecule has 4 heterocycles. The minimum absolute atomic E-state index is 0.120. The van der Waals surface area contributed by atoms with Crippen LogP contribution in [-0.4, -0.2) is 15.0 Å². The van der Waals surface area contributed by atoms with Gasteiger partial charge in [0.05, 0.1) is 22.3 Å². The topological polar surface area (TPSA) is 38.7 Å². The van der Waals surface area contributed by atoms with E-state index in [0.29, 0.717) is 23.0 Å². The van der Waals surface area contributed by atoms with Gasteiger partial charge in [-0.25, -0.2) is 4.98 Å². The maximum absolute atomic E-state index is 13.4. The van der Waals surface area contributed by atoms with Crippen LogP contribution in [0, 0.1) is 0 Å². The Kier molecular flexibility index (Phi) is 6.21. The molecular formula is C33H17F6N3S. The van der Waals surface area contributed by atoms with Gasteiger partial charge in [-0.2, -0.15) is 26.3 Å². The van der Waals surface area contributed by atoms with Crippen LogP contribution >= 0.6 is 11.3 Å². The first-order chi connectivity index (χ1) is 20.5. The van der Waals surface area contributed by atoms with Crippen molar-refractivity contribution >= 4 is 42.5 Å². The van der Waals surface area contributed by atoms with E-state index >= 15 is 0 Å². The number of halogens is 6. The molecule has 0 atom stereocenters. The zero-order valence-corrected chi connectivity index (χ0v) is 22.6. The van der Waals surface area contributed by atoms with Crippen LogP contribution in [0.4, 0.5) is 26.3 Å². The molecule has 0 fully saturated rings. The lowest BCUT2D eigenvalue weighted by molar-refractivity contribution is -0.143. The summed E-state index contributed by atoms with van der Waals surface area (Å²) in [4.78, 5) is 14.6. The highest BCUT2D eigenvalue weighted by atomic mass is 32.1. The molecule has 4 aromatic heterocycles. The molecule has 212 valence electrons. The monoisotopic (exact) mass is 601 g/mol. The predicted octanol–water partition coefficient (Wildman–Crippen LogP) is 10.4.